The van der Waals surface area contributed by atoms with Gasteiger partial charge in [-0.05, 0) is 16.8 Å². The fourth-order valence-corrected chi connectivity index (χ4v) is 6.19. The summed E-state index contributed by atoms with van der Waals surface area (Å²) < 4.78 is 0. The van der Waals surface area contributed by atoms with Gasteiger partial charge in [-0.25, -0.2) is 0 Å². The number of piperazine rings is 1. The normalized spacial score (nSPS) is 25.2. The van der Waals surface area contributed by atoms with Gasteiger partial charge in [0.2, 0.25) is 0 Å². The summed E-state index contributed by atoms with van der Waals surface area (Å²) in [6.45, 7) is 3.43. The Kier molecular flexibility index (Phi) is 5.22. The molecule has 1 amide bonds. The zero-order valence-electron chi connectivity index (χ0n) is 14.1. The summed E-state index contributed by atoms with van der Waals surface area (Å²) in [5, 5.41) is 2.16. The van der Waals surface area contributed by atoms with E-state index in [0.29, 0.717) is 6.04 Å². The van der Waals surface area contributed by atoms with Crippen LogP contribution in [0.2, 0.25) is 0 Å². The zero-order chi connectivity index (χ0) is 17.2. The largest absolute Gasteiger partial charge is 0.336 e. The first kappa shape index (κ1) is 17.2. The molecule has 2 saturated heterocycles. The first-order chi connectivity index (χ1) is 12.2. The molecule has 2 aromatic carbocycles. The summed E-state index contributed by atoms with van der Waals surface area (Å²) in [6.07, 6.45) is 0. The maximum Gasteiger partial charge on any atom is 0.254 e. The van der Waals surface area contributed by atoms with Crippen molar-refractivity contribution in [3.63, 3.8) is 0 Å². The number of amides is 1. The Labute approximate surface area is 156 Å². The number of hydrogen-bond donors (Lipinski definition) is 1. The van der Waals surface area contributed by atoms with Crippen molar-refractivity contribution in [2.24, 2.45) is 5.73 Å². The highest BCUT2D eigenvalue weighted by atomic mass is 33.1. The van der Waals surface area contributed by atoms with Gasteiger partial charge in [0, 0.05) is 55.3 Å². The van der Waals surface area contributed by atoms with Crippen molar-refractivity contribution in [1.29, 1.82) is 0 Å². The van der Waals surface area contributed by atoms with Crippen molar-refractivity contribution in [2.75, 3.05) is 37.7 Å². The van der Waals surface area contributed by atoms with Gasteiger partial charge in [-0.15, -0.1) is 0 Å². The van der Waals surface area contributed by atoms with E-state index in [-0.39, 0.29) is 11.9 Å². The highest BCUT2D eigenvalue weighted by Crippen LogP contribution is 2.29. The molecular weight excluding hydrogens is 350 g/mol. The third-order valence-electron chi connectivity index (χ3n) is 5.01. The van der Waals surface area contributed by atoms with Crippen LogP contribution in [-0.4, -0.2) is 65.5 Å². The lowest BCUT2D eigenvalue weighted by Gasteiger charge is -2.43. The maximum absolute atomic E-state index is 13.2. The lowest BCUT2D eigenvalue weighted by atomic mass is 10.0. The van der Waals surface area contributed by atoms with Crippen LogP contribution in [0.25, 0.3) is 10.8 Å². The Morgan fingerprint density at radius 2 is 1.80 bits per heavy atom. The Hall–Kier alpha value is -1.21. The molecule has 2 heterocycles. The predicted molar refractivity (Wildman–Crippen MR) is 108 cm³/mol. The number of benzene rings is 2. The number of hydrogen-bond acceptors (Lipinski definition) is 5. The molecule has 2 aliphatic rings. The van der Waals surface area contributed by atoms with E-state index in [1.54, 1.807) is 0 Å². The summed E-state index contributed by atoms with van der Waals surface area (Å²) in [6, 6.07) is 14.7. The van der Waals surface area contributed by atoms with Crippen molar-refractivity contribution < 1.29 is 4.79 Å². The minimum atomic E-state index is 0.153. The van der Waals surface area contributed by atoms with Gasteiger partial charge >= 0.3 is 0 Å². The molecular formula is C19H23N3OS2. The van der Waals surface area contributed by atoms with Gasteiger partial charge in [-0.1, -0.05) is 58.0 Å². The summed E-state index contributed by atoms with van der Waals surface area (Å²) in [7, 11) is 3.75. The number of carbonyl (C=O) groups excluding carboxylic acids is 1. The molecule has 25 heavy (non-hydrogen) atoms. The molecule has 0 saturated carbocycles. The number of fused-ring (bicyclic) bond motifs is 2. The first-order valence-corrected chi connectivity index (χ1v) is 11.2. The lowest BCUT2D eigenvalue weighted by molar-refractivity contribution is 0.0515. The van der Waals surface area contributed by atoms with E-state index < -0.39 is 0 Å². The highest BCUT2D eigenvalue weighted by molar-refractivity contribution is 8.76. The molecule has 4 nitrogen and oxygen atoms in total. The van der Waals surface area contributed by atoms with Gasteiger partial charge in [0.1, 0.15) is 0 Å². The van der Waals surface area contributed by atoms with Gasteiger partial charge in [-0.3, -0.25) is 9.69 Å². The van der Waals surface area contributed by atoms with E-state index >= 15 is 0 Å². The second-order valence-electron chi connectivity index (χ2n) is 6.76. The van der Waals surface area contributed by atoms with Gasteiger partial charge in [-0.2, -0.15) is 0 Å². The molecule has 0 radical (unpaired) electrons. The molecule has 2 aromatic rings. The standard InChI is InChI=1S/C19H23N3OS2/c20-15-10-21-8-9-22(11-16(21)13-25-24-12-15)19(23)18-7-3-5-14-4-1-2-6-17(14)18/h1-7,15-16H,8-13,20H2/t15-,16-/m1/s1. The fraction of sp³-hybridized carbons (Fsp3) is 0.421. The average Bonchev–Trinajstić information content (AvgIpc) is 2.63. The lowest BCUT2D eigenvalue weighted by Crippen LogP contribution is -2.58. The van der Waals surface area contributed by atoms with Crippen LogP contribution in [0.15, 0.2) is 42.5 Å². The molecule has 4 rings (SSSR count). The molecule has 2 atom stereocenters. The van der Waals surface area contributed by atoms with Gasteiger partial charge in [0.15, 0.2) is 0 Å². The Morgan fingerprint density at radius 1 is 1.00 bits per heavy atom. The molecule has 2 fully saturated rings. The molecule has 0 bridgehead atoms. The monoisotopic (exact) mass is 373 g/mol. The third-order valence-corrected chi connectivity index (χ3v) is 7.58. The number of carbonyl (C=O) groups is 1. The second-order valence-corrected chi connectivity index (χ2v) is 9.31. The van der Waals surface area contributed by atoms with Crippen LogP contribution in [0.1, 0.15) is 10.4 Å². The molecule has 0 unspecified atom stereocenters. The maximum atomic E-state index is 13.2. The first-order valence-electron chi connectivity index (χ1n) is 8.73. The van der Waals surface area contributed by atoms with E-state index in [0.717, 1.165) is 54.0 Å². The van der Waals surface area contributed by atoms with Gasteiger partial charge in [0.05, 0.1) is 0 Å². The van der Waals surface area contributed by atoms with E-state index in [9.17, 15) is 4.79 Å². The number of nitrogens with zero attached hydrogens (tertiary/aromatic N) is 2. The average molecular weight is 374 g/mol. The number of rotatable bonds is 1. The third kappa shape index (κ3) is 3.67. The minimum Gasteiger partial charge on any atom is -0.336 e. The second kappa shape index (κ2) is 7.58. The van der Waals surface area contributed by atoms with Gasteiger partial charge in [0.25, 0.3) is 5.91 Å². The van der Waals surface area contributed by atoms with Crippen molar-refractivity contribution in [3.05, 3.63) is 48.0 Å². The Morgan fingerprint density at radius 3 is 2.72 bits per heavy atom. The van der Waals surface area contributed by atoms with Crippen LogP contribution < -0.4 is 5.73 Å². The van der Waals surface area contributed by atoms with Crippen molar-refractivity contribution in [3.8, 4) is 0 Å². The molecule has 2 N–H and O–H groups in total. The summed E-state index contributed by atoms with van der Waals surface area (Å²) >= 11 is 0. The SMILES string of the molecule is N[C@H]1CSSC[C@H]2CN(C(=O)c3cccc4ccccc34)CCN2C1. The molecule has 0 aromatic heterocycles. The van der Waals surface area contributed by atoms with Crippen LogP contribution in [0.3, 0.4) is 0 Å². The van der Waals surface area contributed by atoms with E-state index in [4.69, 9.17) is 5.73 Å². The predicted octanol–water partition coefficient (Wildman–Crippen LogP) is 2.69. The minimum absolute atomic E-state index is 0.153. The van der Waals surface area contributed by atoms with Crippen LogP contribution in [0, 0.1) is 0 Å². The van der Waals surface area contributed by atoms with E-state index in [1.807, 2.05) is 56.8 Å². The Bertz CT molecular complexity index is 764. The quantitative estimate of drug-likeness (QED) is 0.779. The van der Waals surface area contributed by atoms with Crippen LogP contribution >= 0.6 is 21.6 Å². The zero-order valence-corrected chi connectivity index (χ0v) is 15.8. The molecule has 0 aliphatic carbocycles. The van der Waals surface area contributed by atoms with Gasteiger partial charge < -0.3 is 10.6 Å². The number of nitrogens with two attached hydrogens (primary N) is 1. The van der Waals surface area contributed by atoms with Crippen molar-refractivity contribution in [1.82, 2.24) is 9.80 Å². The summed E-state index contributed by atoms with van der Waals surface area (Å²) in [5.41, 5.74) is 7.02. The molecule has 2 aliphatic heterocycles. The smallest absolute Gasteiger partial charge is 0.254 e. The fourth-order valence-electron chi connectivity index (χ4n) is 3.67. The molecule has 6 heteroatoms. The molecule has 132 valence electrons. The van der Waals surface area contributed by atoms with E-state index in [2.05, 4.69) is 17.0 Å². The highest BCUT2D eigenvalue weighted by Gasteiger charge is 2.32. The van der Waals surface area contributed by atoms with Crippen LogP contribution in [-0.2, 0) is 0 Å². The summed E-state index contributed by atoms with van der Waals surface area (Å²) in [5.74, 6) is 2.21. The topological polar surface area (TPSA) is 49.6 Å². The molecule has 0 spiro atoms. The van der Waals surface area contributed by atoms with Crippen molar-refractivity contribution in [2.45, 2.75) is 12.1 Å². The van der Waals surface area contributed by atoms with E-state index in [1.165, 1.54) is 0 Å². The van der Waals surface area contributed by atoms with Crippen LogP contribution in [0.4, 0.5) is 0 Å². The van der Waals surface area contributed by atoms with Crippen molar-refractivity contribution >= 4 is 38.3 Å². The van der Waals surface area contributed by atoms with Crippen LogP contribution in [0.5, 0.6) is 0 Å². The Balaban J connectivity index is 1.55. The summed E-state index contributed by atoms with van der Waals surface area (Å²) in [4.78, 5) is 17.7.